The minimum atomic E-state index is -4.75. The lowest BCUT2D eigenvalue weighted by Crippen LogP contribution is -2.49. The fourth-order valence-corrected chi connectivity index (χ4v) is 3.49. The normalized spacial score (nSPS) is 16.1. The van der Waals surface area contributed by atoms with Crippen molar-refractivity contribution in [1.82, 2.24) is 0 Å². The van der Waals surface area contributed by atoms with Gasteiger partial charge in [0.25, 0.3) is 10.1 Å². The average Bonchev–Trinajstić information content (AvgIpc) is 1.98. The molecule has 0 aliphatic carbocycles. The summed E-state index contributed by atoms with van der Waals surface area (Å²) >= 11 is 0. The van der Waals surface area contributed by atoms with Gasteiger partial charge >= 0.3 is 0 Å². The van der Waals surface area contributed by atoms with Gasteiger partial charge in [0, 0.05) is 0 Å². The molecule has 0 aromatic heterocycles. The first-order valence-electron chi connectivity index (χ1n) is 4.59. The van der Waals surface area contributed by atoms with Crippen molar-refractivity contribution in [3.8, 4) is 0 Å². The van der Waals surface area contributed by atoms with Crippen LogP contribution >= 0.6 is 0 Å². The summed E-state index contributed by atoms with van der Waals surface area (Å²) in [4.78, 5) is 0. The van der Waals surface area contributed by atoms with E-state index in [0.29, 0.717) is 6.54 Å². The minimum absolute atomic E-state index is 0.151. The third-order valence-corrected chi connectivity index (χ3v) is 4.53. The molecule has 0 saturated carbocycles. The Bertz CT molecular complexity index is 424. The van der Waals surface area contributed by atoms with Crippen LogP contribution in [0.1, 0.15) is 6.92 Å². The standard InChI is InChI=1S/C7H17NO6S2/c1-4-8(2,3)5-7(16(12,13)14)6-15(9,10)11/h7H,4-6H2,1-3H3,(H-,9,10,11,12,13,14). The Morgan fingerprint density at radius 1 is 1.25 bits per heavy atom. The number of nitrogens with zero attached hydrogens (tertiary/aromatic N) is 1. The van der Waals surface area contributed by atoms with E-state index in [4.69, 9.17) is 4.55 Å². The van der Waals surface area contributed by atoms with E-state index < -0.39 is 31.2 Å². The topological polar surface area (TPSA) is 112 Å². The zero-order chi connectivity index (χ0) is 13.2. The van der Waals surface area contributed by atoms with Crippen molar-refractivity contribution in [3.05, 3.63) is 0 Å². The molecule has 0 heterocycles. The fourth-order valence-electron chi connectivity index (χ4n) is 1.14. The maximum atomic E-state index is 10.9. The van der Waals surface area contributed by atoms with Gasteiger partial charge in [-0.15, -0.1) is 0 Å². The highest BCUT2D eigenvalue weighted by Gasteiger charge is 2.29. The van der Waals surface area contributed by atoms with Gasteiger partial charge in [-0.05, 0) is 6.92 Å². The maximum Gasteiger partial charge on any atom is 0.266 e. The van der Waals surface area contributed by atoms with E-state index in [2.05, 4.69) is 0 Å². The summed E-state index contributed by atoms with van der Waals surface area (Å²) in [5.74, 6) is -1.06. The van der Waals surface area contributed by atoms with Crippen LogP contribution in [0.15, 0.2) is 0 Å². The van der Waals surface area contributed by atoms with Crippen molar-refractivity contribution in [2.75, 3.05) is 32.9 Å². The van der Waals surface area contributed by atoms with Crippen molar-refractivity contribution < 1.29 is 30.4 Å². The Morgan fingerprint density at radius 3 is 1.94 bits per heavy atom. The van der Waals surface area contributed by atoms with Gasteiger partial charge in [0.1, 0.15) is 15.4 Å². The molecule has 0 amide bonds. The molecule has 1 N–H and O–H groups in total. The Morgan fingerprint density at radius 2 is 1.69 bits per heavy atom. The fraction of sp³-hybridized carbons (Fsp3) is 1.00. The second-order valence-electron chi connectivity index (χ2n) is 4.30. The van der Waals surface area contributed by atoms with Gasteiger partial charge in [-0.1, -0.05) is 0 Å². The van der Waals surface area contributed by atoms with Crippen LogP contribution in [0.2, 0.25) is 0 Å². The van der Waals surface area contributed by atoms with Gasteiger partial charge in [0.2, 0.25) is 0 Å². The summed E-state index contributed by atoms with van der Waals surface area (Å²) < 4.78 is 62.6. The lowest BCUT2D eigenvalue weighted by Gasteiger charge is -2.32. The third kappa shape index (κ3) is 6.38. The summed E-state index contributed by atoms with van der Waals surface area (Å²) in [5.41, 5.74) is 0. The largest absolute Gasteiger partial charge is 0.748 e. The van der Waals surface area contributed by atoms with Gasteiger partial charge in [-0.25, -0.2) is 8.42 Å². The van der Waals surface area contributed by atoms with Crippen LogP contribution < -0.4 is 0 Å². The molecule has 0 spiro atoms. The zero-order valence-electron chi connectivity index (χ0n) is 9.45. The van der Waals surface area contributed by atoms with E-state index in [1.54, 1.807) is 21.0 Å². The molecule has 7 nitrogen and oxygen atoms in total. The molecule has 9 heteroatoms. The molecule has 0 aromatic rings. The molecule has 0 bridgehead atoms. The molecule has 1 atom stereocenters. The van der Waals surface area contributed by atoms with Crippen molar-refractivity contribution >= 4 is 20.2 Å². The van der Waals surface area contributed by atoms with Crippen LogP contribution in [0.3, 0.4) is 0 Å². The van der Waals surface area contributed by atoms with Crippen LogP contribution in [-0.4, -0.2) is 68.6 Å². The quantitative estimate of drug-likeness (QED) is 0.485. The van der Waals surface area contributed by atoms with Gasteiger partial charge in [0.15, 0.2) is 0 Å². The Hall–Kier alpha value is -0.220. The first-order valence-corrected chi connectivity index (χ1v) is 7.67. The zero-order valence-corrected chi connectivity index (χ0v) is 11.1. The van der Waals surface area contributed by atoms with E-state index >= 15 is 0 Å². The second-order valence-corrected chi connectivity index (χ2v) is 7.45. The van der Waals surface area contributed by atoms with E-state index in [9.17, 15) is 21.4 Å². The molecule has 1 unspecified atom stereocenters. The van der Waals surface area contributed by atoms with Crippen molar-refractivity contribution in [1.29, 1.82) is 0 Å². The summed E-state index contributed by atoms with van der Waals surface area (Å²) in [6.07, 6.45) is 0. The minimum Gasteiger partial charge on any atom is -0.748 e. The smallest absolute Gasteiger partial charge is 0.266 e. The molecule has 0 aromatic carbocycles. The van der Waals surface area contributed by atoms with Crippen LogP contribution in [0.4, 0.5) is 0 Å². The van der Waals surface area contributed by atoms with Crippen molar-refractivity contribution in [2.24, 2.45) is 0 Å². The summed E-state index contributed by atoms with van der Waals surface area (Å²) in [6.45, 7) is 2.17. The van der Waals surface area contributed by atoms with E-state index in [0.717, 1.165) is 0 Å². The molecule has 16 heavy (non-hydrogen) atoms. The highest BCUT2D eigenvalue weighted by molar-refractivity contribution is 7.90. The summed E-state index contributed by atoms with van der Waals surface area (Å²) in [5, 5.41) is -1.63. The van der Waals surface area contributed by atoms with E-state index in [-0.39, 0.29) is 11.0 Å². The van der Waals surface area contributed by atoms with E-state index in [1.165, 1.54) is 0 Å². The number of quaternary nitrogens is 1. The SMILES string of the molecule is CC[N+](C)(C)CC(CS(=O)(=O)O)S(=O)(=O)[O-]. The average molecular weight is 275 g/mol. The molecule has 0 saturated heterocycles. The van der Waals surface area contributed by atoms with Crippen LogP contribution in [-0.2, 0) is 20.2 Å². The van der Waals surface area contributed by atoms with Crippen LogP contribution in [0.5, 0.6) is 0 Å². The predicted molar refractivity (Wildman–Crippen MR) is 57.4 cm³/mol. The summed E-state index contributed by atoms with van der Waals surface area (Å²) in [7, 11) is -5.88. The number of hydrogen-bond donors (Lipinski definition) is 1. The number of rotatable bonds is 6. The lowest BCUT2D eigenvalue weighted by molar-refractivity contribution is -0.887. The van der Waals surface area contributed by atoms with Crippen LogP contribution in [0.25, 0.3) is 0 Å². The van der Waals surface area contributed by atoms with Gasteiger partial charge in [-0.3, -0.25) is 4.55 Å². The molecule has 98 valence electrons. The Labute approximate surface area is 96.2 Å². The third-order valence-electron chi connectivity index (χ3n) is 2.36. The molecule has 0 aliphatic heterocycles. The maximum absolute atomic E-state index is 10.9. The molecular weight excluding hydrogens is 258 g/mol. The second kappa shape index (κ2) is 4.96. The first-order chi connectivity index (χ1) is 6.87. The lowest BCUT2D eigenvalue weighted by atomic mass is 10.3. The monoisotopic (exact) mass is 275 g/mol. The highest BCUT2D eigenvalue weighted by atomic mass is 32.2. The molecule has 0 radical (unpaired) electrons. The van der Waals surface area contributed by atoms with E-state index in [1.807, 2.05) is 0 Å². The molecule has 0 fully saturated rings. The number of hydrogen-bond acceptors (Lipinski definition) is 5. The van der Waals surface area contributed by atoms with Crippen LogP contribution in [0, 0.1) is 0 Å². The molecular formula is C7H17NO6S2. The first kappa shape index (κ1) is 15.8. The van der Waals surface area contributed by atoms with Gasteiger partial charge in [-0.2, -0.15) is 8.42 Å². The predicted octanol–water partition coefficient (Wildman–Crippen LogP) is -1.12. The van der Waals surface area contributed by atoms with Crippen molar-refractivity contribution in [3.63, 3.8) is 0 Å². The molecule has 0 rings (SSSR count). The highest BCUT2D eigenvalue weighted by Crippen LogP contribution is 2.08. The Kier molecular flexibility index (Phi) is 4.89. The van der Waals surface area contributed by atoms with Gasteiger partial charge in [0.05, 0.1) is 32.9 Å². The van der Waals surface area contributed by atoms with Crippen molar-refractivity contribution in [2.45, 2.75) is 12.2 Å². The van der Waals surface area contributed by atoms with Gasteiger partial charge < -0.3 is 9.04 Å². The Balaban J connectivity index is 5.01. The molecule has 0 aliphatic rings. The summed E-state index contributed by atoms with van der Waals surface area (Å²) in [6, 6.07) is 0.